The number of rotatable bonds is 8. The summed E-state index contributed by atoms with van der Waals surface area (Å²) in [7, 11) is 0. The van der Waals surface area contributed by atoms with E-state index in [1.54, 1.807) is 12.3 Å². The van der Waals surface area contributed by atoms with Crippen molar-refractivity contribution in [2.45, 2.75) is 101 Å². The molecule has 16 rings (SSSR count). The minimum atomic E-state index is -2.46. The molecule has 0 radical (unpaired) electrons. The molecule has 1 spiro atoms. The van der Waals surface area contributed by atoms with Gasteiger partial charge in [0, 0.05) is 25.7 Å². The average Bonchev–Trinajstić information content (AvgIpc) is 1.49. The van der Waals surface area contributed by atoms with E-state index in [0.29, 0.717) is 22.9 Å². The molecule has 0 bridgehead atoms. The third kappa shape index (κ3) is 9.61. The normalized spacial score (nSPS) is 14.0. The fourth-order valence-corrected chi connectivity index (χ4v) is 16.8. The maximum absolute atomic E-state index is 9.04. The molecule has 0 fully saturated rings. The first-order chi connectivity index (χ1) is 46.0. The predicted octanol–water partition coefficient (Wildman–Crippen LogP) is 22.8. The molecule has 3 aromatic heterocycles. The van der Waals surface area contributed by atoms with Gasteiger partial charge in [-0.2, -0.15) is 0 Å². The van der Waals surface area contributed by atoms with Gasteiger partial charge in [-0.3, -0.25) is 0 Å². The van der Waals surface area contributed by atoms with Crippen molar-refractivity contribution in [1.82, 2.24) is 18.7 Å². The minimum Gasteiger partial charge on any atom is -0.0894 e. The number of nitrogens with zero attached hydrogens (tertiary/aromatic N) is 4. The van der Waals surface area contributed by atoms with Crippen molar-refractivity contribution in [1.29, 1.82) is 0 Å². The summed E-state index contributed by atoms with van der Waals surface area (Å²) >= 11 is 4.37. The first-order valence-electron chi connectivity index (χ1n) is 33.6. The summed E-state index contributed by atoms with van der Waals surface area (Å²) in [5, 5.41) is 2.00. The zero-order valence-electron chi connectivity index (χ0n) is 56.7. The molecular weight excluding hydrogens is 1330 g/mol. The monoisotopic (exact) mass is 1410 g/mol. The Labute approximate surface area is 564 Å². The van der Waals surface area contributed by atoms with Crippen LogP contribution in [0.25, 0.3) is 94.5 Å². The van der Waals surface area contributed by atoms with Gasteiger partial charge in [-0.15, -0.1) is 0 Å². The second-order valence-electron chi connectivity index (χ2n) is 28.1. The van der Waals surface area contributed by atoms with Crippen molar-refractivity contribution in [2.75, 3.05) is 0 Å². The molecule has 458 valence electrons. The molecule has 0 saturated carbocycles. The van der Waals surface area contributed by atoms with Crippen molar-refractivity contribution < 1.29 is 28.2 Å². The summed E-state index contributed by atoms with van der Waals surface area (Å²) < 4.78 is 42.2. The van der Waals surface area contributed by atoms with Crippen molar-refractivity contribution >= 4 is 44.6 Å². The van der Waals surface area contributed by atoms with Crippen LogP contribution in [-0.2, 0) is 41.0 Å². The van der Waals surface area contributed by atoms with Crippen LogP contribution in [0.5, 0.6) is 11.5 Å². The van der Waals surface area contributed by atoms with E-state index in [2.05, 4.69) is 302 Å². The Hall–Kier alpha value is -9.32. The Bertz CT molecular complexity index is 5490. The van der Waals surface area contributed by atoms with Gasteiger partial charge in [0.15, 0.2) is 0 Å². The van der Waals surface area contributed by atoms with Gasteiger partial charge in [0.1, 0.15) is 0 Å². The molecule has 14 aromatic rings. The average molecular weight is 1410 g/mol. The van der Waals surface area contributed by atoms with Gasteiger partial charge in [-0.25, -0.2) is 0 Å². The number of hydrogen-bond donors (Lipinski definition) is 0. The Kier molecular flexibility index (Phi) is 13.0. The number of aromatic nitrogens is 4. The number of pyridine rings is 1. The second-order valence-corrected chi connectivity index (χ2v) is 30.2. The van der Waals surface area contributed by atoms with Crippen molar-refractivity contribution in [3.63, 3.8) is 0 Å². The van der Waals surface area contributed by atoms with Crippen LogP contribution in [0.1, 0.15) is 111 Å². The van der Waals surface area contributed by atoms with E-state index in [9.17, 15) is 0 Å². The summed E-state index contributed by atoms with van der Waals surface area (Å²) in [5.74, 6) is 1.77. The van der Waals surface area contributed by atoms with Crippen molar-refractivity contribution in [3.8, 4) is 73.2 Å². The first kappa shape index (κ1) is 55.3. The van der Waals surface area contributed by atoms with Crippen LogP contribution < -0.4 is 4.74 Å². The molecule has 11 aromatic carbocycles. The van der Waals surface area contributed by atoms with E-state index >= 15 is 0 Å². The molecule has 2 aliphatic rings. The SMILES string of the molecule is [2H]C([2H])([2H])c1cc(-n2c3cc(Oc4cccc(-n5[c](=[Pt])n(-c6c(-c7ccccc7)cc(C(C)(C)C)cc6-c6cc(C(C)(C)C)cc(C(C)(C)C)c6)c6ccccc65)c4)ccc3c3cc4c(cc32)C2(c3ccccc3Sc3ccccc32)c2ccccc2-4)ncc1-c1ccccc1. The van der Waals surface area contributed by atoms with E-state index in [0.717, 1.165) is 75.8 Å². The summed E-state index contributed by atoms with van der Waals surface area (Å²) in [5.41, 5.74) is 22.2. The van der Waals surface area contributed by atoms with Crippen LogP contribution in [0.15, 0.2) is 265 Å². The molecule has 5 nitrogen and oxygen atoms in total. The van der Waals surface area contributed by atoms with Crippen LogP contribution in [-0.4, -0.2) is 18.7 Å². The second kappa shape index (κ2) is 21.9. The number of benzene rings is 11. The van der Waals surface area contributed by atoms with E-state index < -0.39 is 12.3 Å². The summed E-state index contributed by atoms with van der Waals surface area (Å²) in [4.78, 5) is 7.68. The molecule has 0 atom stereocenters. The fraction of sp³-hybridized carbons (Fsp3) is 0.163. The molecule has 4 heterocycles. The minimum absolute atomic E-state index is 0.0972. The van der Waals surface area contributed by atoms with E-state index in [-0.39, 0.29) is 21.8 Å². The quantitative estimate of drug-likeness (QED) is 0.152. The van der Waals surface area contributed by atoms with Gasteiger partial charge in [-0.05, 0) is 63.5 Å². The maximum atomic E-state index is 9.04. The molecule has 1 aliphatic carbocycles. The number of para-hydroxylation sites is 2. The van der Waals surface area contributed by atoms with Gasteiger partial charge < -0.3 is 0 Å². The number of aryl methyl sites for hydroxylation is 1. The smallest absolute Gasteiger partial charge is 0.0894 e. The Morgan fingerprint density at radius 3 is 1.60 bits per heavy atom. The van der Waals surface area contributed by atoms with Gasteiger partial charge >= 0.3 is 371 Å². The van der Waals surface area contributed by atoms with Gasteiger partial charge in [-0.1, -0.05) is 103 Å². The first-order valence-corrected chi connectivity index (χ1v) is 34.0. The standard InChI is InChI=1S/C86H72N4OS.Pt/c1-54-42-81(87-52-70(54)56-28-15-12-16-29-56)90-77-49-63(40-41-65(77)69-50-68-64-32-17-18-33-71(64)86(74(68)51-78(69)90)72-34-19-23-38-79(72)92-80-39-24-20-35-73(80)86)91-62-31-25-30-61(48-62)88-53-89(76-37-22-21-36-75(76)88)82-66(55-26-13-11-14-27-55)46-60(85(8,9)10)47-67(82)57-43-58(83(2,3)4)45-59(44-57)84(5,6)7;/h11-52H,1-10H3;/i1D3;. The Balaban J connectivity index is 0.891. The number of hydrogen-bond acceptors (Lipinski definition) is 3. The molecule has 1 aliphatic heterocycles. The van der Waals surface area contributed by atoms with Crippen LogP contribution in [0, 0.1) is 10.7 Å². The van der Waals surface area contributed by atoms with Crippen LogP contribution in [0.2, 0.25) is 0 Å². The van der Waals surface area contributed by atoms with Gasteiger partial charge in [0.25, 0.3) is 0 Å². The molecule has 7 heteroatoms. The number of fused-ring (bicyclic) bond motifs is 13. The van der Waals surface area contributed by atoms with E-state index in [1.807, 2.05) is 48.2 Å². The molecule has 0 saturated heterocycles. The molecule has 93 heavy (non-hydrogen) atoms. The van der Waals surface area contributed by atoms with E-state index in [1.165, 1.54) is 59.9 Å². The zero-order valence-corrected chi connectivity index (χ0v) is 56.8. The molecule has 0 amide bonds. The Morgan fingerprint density at radius 2 is 0.957 bits per heavy atom. The van der Waals surface area contributed by atoms with Crippen molar-refractivity contribution in [3.05, 3.63) is 303 Å². The van der Waals surface area contributed by atoms with E-state index in [4.69, 9.17) is 13.8 Å². The van der Waals surface area contributed by atoms with Crippen LogP contribution in [0.4, 0.5) is 0 Å². The van der Waals surface area contributed by atoms with Gasteiger partial charge in [0.05, 0.1) is 5.41 Å². The van der Waals surface area contributed by atoms with Crippen LogP contribution in [0.3, 0.4) is 0 Å². The summed E-state index contributed by atoms with van der Waals surface area (Å²) in [6.07, 6.45) is 1.74. The van der Waals surface area contributed by atoms with Gasteiger partial charge in [0.2, 0.25) is 0 Å². The summed E-state index contributed by atoms with van der Waals surface area (Å²) in [6, 6.07) is 89.2. The molecular formula is C86H72N4OPtS. The molecule has 0 unspecified atom stereocenters. The zero-order chi connectivity index (χ0) is 66.4. The number of ether oxygens (including phenoxy) is 1. The third-order valence-electron chi connectivity index (χ3n) is 19.2. The van der Waals surface area contributed by atoms with Crippen LogP contribution >= 0.6 is 11.8 Å². The Morgan fingerprint density at radius 1 is 0.409 bits per heavy atom. The van der Waals surface area contributed by atoms with Crippen molar-refractivity contribution in [2.24, 2.45) is 0 Å². The summed E-state index contributed by atoms with van der Waals surface area (Å²) in [6.45, 7) is 18.4. The topological polar surface area (TPSA) is 36.9 Å². The number of imidazole rings is 1. The fourth-order valence-electron chi connectivity index (χ4n) is 14.5. The predicted molar refractivity (Wildman–Crippen MR) is 383 cm³/mol. The molecule has 0 N–H and O–H groups in total. The third-order valence-corrected chi connectivity index (χ3v) is 21.4.